The Labute approximate surface area is 135 Å². The molecule has 1 aromatic carbocycles. The zero-order chi connectivity index (χ0) is 16.9. The summed E-state index contributed by atoms with van der Waals surface area (Å²) in [5.41, 5.74) is 0.916. The van der Waals surface area contributed by atoms with E-state index in [1.807, 2.05) is 51.1 Å². The lowest BCUT2D eigenvalue weighted by molar-refractivity contribution is -0.121. The van der Waals surface area contributed by atoms with Crippen LogP contribution in [0.5, 0.6) is 0 Å². The summed E-state index contributed by atoms with van der Waals surface area (Å²) in [6, 6.07) is 9.75. The smallest absolute Gasteiger partial charge is 0.273 e. The summed E-state index contributed by atoms with van der Waals surface area (Å²) < 4.78 is 1.58. The van der Waals surface area contributed by atoms with Crippen molar-refractivity contribution in [2.24, 2.45) is 0 Å². The second kappa shape index (κ2) is 7.04. The lowest BCUT2D eigenvalue weighted by Crippen LogP contribution is -2.45. The van der Waals surface area contributed by atoms with Crippen molar-refractivity contribution >= 4 is 11.8 Å². The fourth-order valence-corrected chi connectivity index (χ4v) is 1.96. The first-order valence-electron chi connectivity index (χ1n) is 7.37. The van der Waals surface area contributed by atoms with E-state index in [0.29, 0.717) is 6.54 Å². The van der Waals surface area contributed by atoms with Crippen molar-refractivity contribution in [3.05, 3.63) is 47.8 Å². The third-order valence-corrected chi connectivity index (χ3v) is 2.88. The van der Waals surface area contributed by atoms with E-state index in [2.05, 4.69) is 20.9 Å². The number of carbonyl (C=O) groups is 2. The highest BCUT2D eigenvalue weighted by atomic mass is 16.2. The highest BCUT2D eigenvalue weighted by Crippen LogP contribution is 2.02. The van der Waals surface area contributed by atoms with Gasteiger partial charge in [0.2, 0.25) is 5.91 Å². The zero-order valence-electron chi connectivity index (χ0n) is 13.5. The Kier molecular flexibility index (Phi) is 5.10. The summed E-state index contributed by atoms with van der Waals surface area (Å²) in [7, 11) is 0. The maximum atomic E-state index is 12.0. The molecular weight excluding hydrogens is 294 g/mol. The molecule has 0 fully saturated rings. The number of benzene rings is 1. The van der Waals surface area contributed by atoms with Crippen LogP contribution in [0.2, 0.25) is 0 Å². The molecule has 2 amide bonds. The molecular formula is C16H21N5O2. The van der Waals surface area contributed by atoms with Crippen LogP contribution >= 0.6 is 0 Å². The number of aromatic nitrogens is 3. The third kappa shape index (κ3) is 5.54. The van der Waals surface area contributed by atoms with Crippen molar-refractivity contribution in [3.63, 3.8) is 0 Å². The average Bonchev–Trinajstić information content (AvgIpc) is 2.92. The van der Waals surface area contributed by atoms with Crippen LogP contribution in [0, 0.1) is 0 Å². The molecule has 23 heavy (non-hydrogen) atoms. The van der Waals surface area contributed by atoms with Gasteiger partial charge in [0.1, 0.15) is 0 Å². The fourth-order valence-electron chi connectivity index (χ4n) is 1.96. The van der Waals surface area contributed by atoms with E-state index in [1.165, 1.54) is 0 Å². The molecule has 0 atom stereocenters. The van der Waals surface area contributed by atoms with Crippen molar-refractivity contribution in [1.29, 1.82) is 0 Å². The number of rotatable bonds is 5. The van der Waals surface area contributed by atoms with Gasteiger partial charge in [-0.1, -0.05) is 35.5 Å². The summed E-state index contributed by atoms with van der Waals surface area (Å²) in [5, 5.41) is 13.1. The molecule has 122 valence electrons. The molecule has 1 heterocycles. The van der Waals surface area contributed by atoms with E-state index in [1.54, 1.807) is 10.9 Å². The molecule has 0 bridgehead atoms. The van der Waals surface area contributed by atoms with E-state index in [9.17, 15) is 9.59 Å². The van der Waals surface area contributed by atoms with Crippen LogP contribution in [0.15, 0.2) is 36.5 Å². The monoisotopic (exact) mass is 315 g/mol. The van der Waals surface area contributed by atoms with E-state index >= 15 is 0 Å². The van der Waals surface area contributed by atoms with Crippen LogP contribution in [-0.2, 0) is 11.3 Å². The molecule has 0 aliphatic heterocycles. The zero-order valence-corrected chi connectivity index (χ0v) is 13.5. The van der Waals surface area contributed by atoms with Crippen LogP contribution < -0.4 is 10.6 Å². The van der Waals surface area contributed by atoms with E-state index < -0.39 is 5.91 Å². The quantitative estimate of drug-likeness (QED) is 0.860. The molecule has 7 nitrogen and oxygen atoms in total. The first-order valence-corrected chi connectivity index (χ1v) is 7.37. The molecule has 0 saturated carbocycles. The summed E-state index contributed by atoms with van der Waals surface area (Å²) in [5.74, 6) is -0.670. The van der Waals surface area contributed by atoms with Crippen LogP contribution in [0.4, 0.5) is 0 Å². The van der Waals surface area contributed by atoms with Gasteiger partial charge >= 0.3 is 0 Å². The normalized spacial score (nSPS) is 11.1. The highest BCUT2D eigenvalue weighted by molar-refractivity contribution is 5.94. The lowest BCUT2D eigenvalue weighted by atomic mass is 10.1. The number of hydrogen-bond donors (Lipinski definition) is 2. The first kappa shape index (κ1) is 16.7. The van der Waals surface area contributed by atoms with Gasteiger partial charge in [-0.2, -0.15) is 0 Å². The van der Waals surface area contributed by atoms with Gasteiger partial charge in [-0.25, -0.2) is 4.68 Å². The molecule has 0 aliphatic carbocycles. The van der Waals surface area contributed by atoms with Crippen molar-refractivity contribution in [3.8, 4) is 0 Å². The molecule has 7 heteroatoms. The minimum Gasteiger partial charge on any atom is -0.350 e. The fraction of sp³-hybridized carbons (Fsp3) is 0.375. The van der Waals surface area contributed by atoms with Crippen LogP contribution in [0.1, 0.15) is 36.8 Å². The molecule has 0 aliphatic rings. The largest absolute Gasteiger partial charge is 0.350 e. The first-order chi connectivity index (χ1) is 10.8. The van der Waals surface area contributed by atoms with Gasteiger partial charge in [-0.3, -0.25) is 9.59 Å². The molecule has 0 spiro atoms. The predicted molar refractivity (Wildman–Crippen MR) is 85.8 cm³/mol. The highest BCUT2D eigenvalue weighted by Gasteiger charge is 2.16. The Morgan fingerprint density at radius 3 is 2.52 bits per heavy atom. The van der Waals surface area contributed by atoms with Gasteiger partial charge in [0.05, 0.1) is 19.3 Å². The Morgan fingerprint density at radius 2 is 1.87 bits per heavy atom. The van der Waals surface area contributed by atoms with Crippen molar-refractivity contribution in [2.45, 2.75) is 32.9 Å². The average molecular weight is 315 g/mol. The minimum atomic E-state index is -0.423. The Morgan fingerprint density at radius 1 is 1.17 bits per heavy atom. The van der Waals surface area contributed by atoms with Crippen LogP contribution in [0.3, 0.4) is 0 Å². The number of nitrogens with one attached hydrogen (secondary N) is 2. The lowest BCUT2D eigenvalue weighted by Gasteiger charge is -2.20. The van der Waals surface area contributed by atoms with Crippen molar-refractivity contribution in [1.82, 2.24) is 25.6 Å². The van der Waals surface area contributed by atoms with Crippen molar-refractivity contribution < 1.29 is 9.59 Å². The van der Waals surface area contributed by atoms with Gasteiger partial charge in [-0.15, -0.1) is 5.10 Å². The maximum Gasteiger partial charge on any atom is 0.273 e. The summed E-state index contributed by atoms with van der Waals surface area (Å²) in [6.07, 6.45) is 1.56. The Balaban J connectivity index is 1.87. The van der Waals surface area contributed by atoms with E-state index in [-0.39, 0.29) is 23.7 Å². The summed E-state index contributed by atoms with van der Waals surface area (Å²) >= 11 is 0. The molecule has 0 unspecified atom stereocenters. The topological polar surface area (TPSA) is 88.9 Å². The van der Waals surface area contributed by atoms with E-state index in [0.717, 1.165) is 5.56 Å². The molecule has 0 saturated heterocycles. The van der Waals surface area contributed by atoms with Gasteiger partial charge < -0.3 is 10.6 Å². The standard InChI is InChI=1S/C16H21N5O2/c1-16(2,3)18-14(22)9-17-15(23)13-11-21(20-19-13)10-12-7-5-4-6-8-12/h4-8,11H,9-10H2,1-3H3,(H,17,23)(H,18,22). The number of carbonyl (C=O) groups excluding carboxylic acids is 2. The second-order valence-electron chi connectivity index (χ2n) is 6.27. The van der Waals surface area contributed by atoms with Gasteiger partial charge in [0.15, 0.2) is 5.69 Å². The van der Waals surface area contributed by atoms with Crippen molar-refractivity contribution in [2.75, 3.05) is 6.54 Å². The Bertz CT molecular complexity index is 673. The van der Waals surface area contributed by atoms with Gasteiger partial charge in [-0.05, 0) is 26.3 Å². The number of nitrogens with zero attached hydrogens (tertiary/aromatic N) is 3. The molecule has 2 N–H and O–H groups in total. The summed E-state index contributed by atoms with van der Waals surface area (Å²) in [6.45, 7) is 6.07. The Hall–Kier alpha value is -2.70. The number of hydrogen-bond acceptors (Lipinski definition) is 4. The molecule has 0 radical (unpaired) electrons. The summed E-state index contributed by atoms with van der Waals surface area (Å²) in [4.78, 5) is 23.6. The molecule has 1 aromatic heterocycles. The predicted octanol–water partition coefficient (Wildman–Crippen LogP) is 0.971. The third-order valence-electron chi connectivity index (χ3n) is 2.88. The second-order valence-corrected chi connectivity index (χ2v) is 6.27. The molecule has 2 rings (SSSR count). The minimum absolute atomic E-state index is 0.0956. The molecule has 2 aromatic rings. The van der Waals surface area contributed by atoms with E-state index in [4.69, 9.17) is 0 Å². The van der Waals surface area contributed by atoms with Gasteiger partial charge in [0.25, 0.3) is 5.91 Å². The SMILES string of the molecule is CC(C)(C)NC(=O)CNC(=O)c1cn(Cc2ccccc2)nn1. The maximum absolute atomic E-state index is 12.0. The van der Waals surface area contributed by atoms with Gasteiger partial charge in [0, 0.05) is 5.54 Å². The van der Waals surface area contributed by atoms with Crippen LogP contribution in [0.25, 0.3) is 0 Å². The number of amides is 2. The van der Waals surface area contributed by atoms with Crippen LogP contribution in [-0.4, -0.2) is 38.9 Å².